The fraction of sp³-hybridized carbons (Fsp3) is 0.100. The van der Waals surface area contributed by atoms with E-state index in [0.717, 1.165) is 27.8 Å². The lowest BCUT2D eigenvalue weighted by Gasteiger charge is -2.20. The number of benzene rings is 3. The molecule has 1 aliphatic heterocycles. The van der Waals surface area contributed by atoms with E-state index in [0.29, 0.717) is 5.76 Å². The van der Waals surface area contributed by atoms with Gasteiger partial charge in [-0.15, -0.1) is 0 Å². The average molecular weight is 300 g/mol. The van der Waals surface area contributed by atoms with E-state index in [2.05, 4.69) is 24.3 Å². The lowest BCUT2D eigenvalue weighted by molar-refractivity contribution is 0.0325. The molecule has 0 aromatic heterocycles. The van der Waals surface area contributed by atoms with Gasteiger partial charge in [-0.05, 0) is 44.7 Å². The fourth-order valence-corrected chi connectivity index (χ4v) is 4.15. The van der Waals surface area contributed by atoms with Gasteiger partial charge in [0.1, 0.15) is 12.2 Å². The summed E-state index contributed by atoms with van der Waals surface area (Å²) in [5.41, 5.74) is 6.44. The van der Waals surface area contributed by atoms with E-state index in [1.54, 1.807) is 0 Å². The molecule has 1 heterocycles. The molecule has 110 valence electrons. The molecule has 2 atom stereocenters. The molecule has 2 aliphatic carbocycles. The van der Waals surface area contributed by atoms with Gasteiger partial charge in [0.05, 0.1) is 0 Å². The Kier molecular flexibility index (Phi) is 1.88. The first-order chi connectivity index (χ1) is 11.3. The van der Waals surface area contributed by atoms with Crippen LogP contribution in [0.3, 0.4) is 0 Å². The molecule has 0 saturated carbocycles. The molecule has 0 saturated heterocycles. The second kappa shape index (κ2) is 3.65. The van der Waals surface area contributed by atoms with Gasteiger partial charge >= 0.3 is 0 Å². The first-order valence-electron chi connectivity index (χ1n) is 7.73. The van der Waals surface area contributed by atoms with Gasteiger partial charge in [-0.25, -0.2) is 0 Å². The monoisotopic (exact) mass is 300 g/mol. The third-order valence-electron chi connectivity index (χ3n) is 5.21. The zero-order chi connectivity index (χ0) is 15.3. The maximum absolute atomic E-state index is 10.5. The predicted octanol–water partition coefficient (Wildman–Crippen LogP) is 3.59. The smallest absolute Gasteiger partial charge is 0.179 e. The van der Waals surface area contributed by atoms with Gasteiger partial charge in [0, 0.05) is 5.56 Å². The summed E-state index contributed by atoms with van der Waals surface area (Å²) in [6, 6.07) is 16.6. The number of aliphatic hydroxyl groups excluding tert-OH is 2. The van der Waals surface area contributed by atoms with Crippen molar-refractivity contribution in [1.29, 1.82) is 0 Å². The van der Waals surface area contributed by atoms with Crippen molar-refractivity contribution in [3.8, 4) is 22.3 Å². The third-order valence-corrected chi connectivity index (χ3v) is 5.21. The highest BCUT2D eigenvalue weighted by molar-refractivity contribution is 6.18. The minimum atomic E-state index is -0.957. The Morgan fingerprint density at radius 3 is 2.35 bits per heavy atom. The fourth-order valence-electron chi connectivity index (χ4n) is 4.15. The molecular weight excluding hydrogens is 288 g/mol. The first kappa shape index (κ1) is 11.9. The summed E-state index contributed by atoms with van der Waals surface area (Å²) in [5, 5.41) is 22.9. The first-order valence-corrected chi connectivity index (χ1v) is 7.73. The lowest BCUT2D eigenvalue weighted by Crippen LogP contribution is -2.20. The Hall–Kier alpha value is -2.62. The van der Waals surface area contributed by atoms with Crippen LogP contribution in [0.5, 0.6) is 0 Å². The summed E-state index contributed by atoms with van der Waals surface area (Å²) < 4.78 is 5.50. The maximum atomic E-state index is 10.5. The van der Waals surface area contributed by atoms with Crippen LogP contribution in [0.1, 0.15) is 17.2 Å². The van der Waals surface area contributed by atoms with Crippen LogP contribution in [0.4, 0.5) is 0 Å². The number of fused-ring (bicyclic) bond motifs is 6. The van der Waals surface area contributed by atoms with E-state index in [1.807, 2.05) is 24.3 Å². The molecule has 3 aromatic carbocycles. The molecule has 0 unspecified atom stereocenters. The van der Waals surface area contributed by atoms with E-state index in [9.17, 15) is 10.2 Å². The molecule has 0 fully saturated rings. The van der Waals surface area contributed by atoms with Gasteiger partial charge in [0.2, 0.25) is 0 Å². The summed E-state index contributed by atoms with van der Waals surface area (Å²) in [6.45, 7) is 0. The van der Waals surface area contributed by atoms with Gasteiger partial charge in [-0.3, -0.25) is 0 Å². The molecule has 3 nitrogen and oxygen atoms in total. The van der Waals surface area contributed by atoms with Crippen LogP contribution in [-0.2, 0) is 4.74 Å². The van der Waals surface area contributed by atoms with Crippen molar-refractivity contribution in [2.24, 2.45) is 0 Å². The minimum Gasteiger partial charge on any atom is -0.451 e. The van der Waals surface area contributed by atoms with E-state index < -0.39 is 12.2 Å². The molecule has 0 bridgehead atoms. The third kappa shape index (κ3) is 1.25. The molecule has 3 aliphatic rings. The summed E-state index contributed by atoms with van der Waals surface area (Å²) >= 11 is 0. The van der Waals surface area contributed by atoms with Crippen LogP contribution in [0.2, 0.25) is 0 Å². The number of rotatable bonds is 0. The molecular formula is C20H12O3. The standard InChI is InChI=1S/C20H12O3/c21-17-14-8-13-10-5-2-1-4-9(10)11-6-3-7-12(15(11)13)16(14)19-20(23-19)18(17)22/h1-8,17-18,21-22H/t17-,18+/m1/s1. The van der Waals surface area contributed by atoms with Crippen LogP contribution in [0, 0.1) is 0 Å². The quantitative estimate of drug-likeness (QED) is 0.522. The second-order valence-corrected chi connectivity index (χ2v) is 6.35. The molecule has 2 N–H and O–H groups in total. The maximum Gasteiger partial charge on any atom is 0.179 e. The molecule has 0 radical (unpaired) electrons. The van der Waals surface area contributed by atoms with Gasteiger partial charge in [0.15, 0.2) is 11.5 Å². The minimum absolute atomic E-state index is 0.515. The highest BCUT2D eigenvalue weighted by atomic mass is 16.6. The Labute approximate surface area is 132 Å². The summed E-state index contributed by atoms with van der Waals surface area (Å²) in [5.74, 6) is 1.25. The summed E-state index contributed by atoms with van der Waals surface area (Å²) in [6.07, 6.45) is -1.90. The Balaban J connectivity index is 1.82. The van der Waals surface area contributed by atoms with Crippen LogP contribution >= 0.6 is 0 Å². The van der Waals surface area contributed by atoms with Crippen LogP contribution in [0.15, 0.2) is 54.3 Å². The summed E-state index contributed by atoms with van der Waals surface area (Å²) in [4.78, 5) is 0. The Morgan fingerprint density at radius 1 is 0.783 bits per heavy atom. The second-order valence-electron chi connectivity index (χ2n) is 6.35. The number of ether oxygens (including phenoxy) is 1. The van der Waals surface area contributed by atoms with Crippen molar-refractivity contribution in [1.82, 2.24) is 0 Å². The Morgan fingerprint density at radius 2 is 1.52 bits per heavy atom. The van der Waals surface area contributed by atoms with Gasteiger partial charge in [-0.2, -0.15) is 0 Å². The largest absolute Gasteiger partial charge is 0.451 e. The highest BCUT2D eigenvalue weighted by Crippen LogP contribution is 2.56. The van der Waals surface area contributed by atoms with E-state index in [-0.39, 0.29) is 0 Å². The topological polar surface area (TPSA) is 53.0 Å². The van der Waals surface area contributed by atoms with Gasteiger partial charge in [-0.1, -0.05) is 42.5 Å². The van der Waals surface area contributed by atoms with Crippen molar-refractivity contribution in [3.63, 3.8) is 0 Å². The summed E-state index contributed by atoms with van der Waals surface area (Å²) in [7, 11) is 0. The van der Waals surface area contributed by atoms with Crippen LogP contribution in [-0.4, -0.2) is 16.3 Å². The van der Waals surface area contributed by atoms with Crippen molar-refractivity contribution < 1.29 is 14.9 Å². The zero-order valence-corrected chi connectivity index (χ0v) is 12.1. The SMILES string of the molecule is O[C@@H]1C2=C(O2)c2c(cc3c4c(cccc24)-c2ccccc2-3)[C@H]1O. The van der Waals surface area contributed by atoms with Crippen LogP contribution < -0.4 is 0 Å². The predicted molar refractivity (Wildman–Crippen MR) is 87.3 cm³/mol. The number of hydrogen-bond acceptors (Lipinski definition) is 3. The Bertz CT molecular complexity index is 1080. The van der Waals surface area contributed by atoms with Crippen molar-refractivity contribution in [3.05, 3.63) is 65.4 Å². The highest BCUT2D eigenvalue weighted by Gasteiger charge is 2.46. The van der Waals surface area contributed by atoms with Crippen molar-refractivity contribution >= 4 is 16.5 Å². The normalized spacial score (nSPS) is 22.5. The molecule has 6 rings (SSSR count). The number of hydrogen-bond donors (Lipinski definition) is 2. The molecule has 0 amide bonds. The average Bonchev–Trinajstić information content (AvgIpc) is 3.32. The molecule has 3 aromatic rings. The lowest BCUT2D eigenvalue weighted by atomic mass is 9.86. The van der Waals surface area contributed by atoms with E-state index in [1.165, 1.54) is 22.1 Å². The van der Waals surface area contributed by atoms with Crippen LogP contribution in [0.25, 0.3) is 38.8 Å². The number of aliphatic hydroxyl groups is 2. The van der Waals surface area contributed by atoms with Gasteiger partial charge < -0.3 is 14.9 Å². The molecule has 23 heavy (non-hydrogen) atoms. The van der Waals surface area contributed by atoms with Gasteiger partial charge in [0.25, 0.3) is 0 Å². The molecule has 0 spiro atoms. The van der Waals surface area contributed by atoms with E-state index in [4.69, 9.17) is 4.74 Å². The van der Waals surface area contributed by atoms with Crippen molar-refractivity contribution in [2.75, 3.05) is 0 Å². The van der Waals surface area contributed by atoms with E-state index >= 15 is 0 Å². The molecule has 3 heteroatoms. The zero-order valence-electron chi connectivity index (χ0n) is 12.1. The van der Waals surface area contributed by atoms with Crippen molar-refractivity contribution in [2.45, 2.75) is 12.2 Å².